The molecule has 0 saturated carbocycles. The number of hydrogen-bond acceptors (Lipinski definition) is 1. The Morgan fingerprint density at radius 1 is 1.67 bits per heavy atom. The Balaban J connectivity index is 0. The summed E-state index contributed by atoms with van der Waals surface area (Å²) in [5, 5.41) is 6.83. The molecule has 0 saturated heterocycles. The summed E-state index contributed by atoms with van der Waals surface area (Å²) in [4.78, 5) is 0. The van der Waals surface area contributed by atoms with Crippen molar-refractivity contribution in [3.63, 3.8) is 0 Å². The van der Waals surface area contributed by atoms with E-state index >= 15 is 0 Å². The molecule has 0 radical (unpaired) electrons. The zero-order chi connectivity index (χ0) is 6.78. The first-order valence-corrected chi connectivity index (χ1v) is 2.41. The lowest BCUT2D eigenvalue weighted by Gasteiger charge is -2.16. The van der Waals surface area contributed by atoms with Crippen LogP contribution in [0.3, 0.4) is 0 Å². The van der Waals surface area contributed by atoms with E-state index in [2.05, 4.69) is 0 Å². The lowest BCUT2D eigenvalue weighted by molar-refractivity contribution is 0.342. The molecule has 0 spiro atoms. The fourth-order valence-electron chi connectivity index (χ4n) is 0.0720. The number of rotatable bonds is 2. The van der Waals surface area contributed by atoms with Crippen molar-refractivity contribution in [3.8, 4) is 0 Å². The van der Waals surface area contributed by atoms with Gasteiger partial charge >= 0.3 is 0 Å². The van der Waals surface area contributed by atoms with Crippen LogP contribution in [0.2, 0.25) is 0 Å². The summed E-state index contributed by atoms with van der Waals surface area (Å²) >= 11 is 0. The lowest BCUT2D eigenvalue weighted by Crippen LogP contribution is -2.32. The van der Waals surface area contributed by atoms with Gasteiger partial charge in [0.1, 0.15) is 6.67 Å². The van der Waals surface area contributed by atoms with Gasteiger partial charge in [0.2, 0.25) is 0 Å². The van der Waals surface area contributed by atoms with Crippen LogP contribution in [0.25, 0.3) is 0 Å². The zero-order valence-electron chi connectivity index (χ0n) is 5.57. The maximum Gasteiger partial charge on any atom is 0.101 e. The molecular formula is C5H12ClFN2. The predicted molar refractivity (Wildman–Crippen MR) is 38.9 cm³/mol. The van der Waals surface area contributed by atoms with E-state index in [1.54, 1.807) is 13.8 Å². The van der Waals surface area contributed by atoms with E-state index in [1.807, 2.05) is 0 Å². The third-order valence-corrected chi connectivity index (χ3v) is 1.06. The molecule has 9 heavy (non-hydrogen) atoms. The van der Waals surface area contributed by atoms with Gasteiger partial charge in [-0.1, -0.05) is 13.8 Å². The molecule has 2 nitrogen and oxygen atoms in total. The van der Waals surface area contributed by atoms with Crippen LogP contribution in [0.5, 0.6) is 0 Å². The molecule has 0 atom stereocenters. The van der Waals surface area contributed by atoms with E-state index in [1.165, 1.54) is 0 Å². The minimum absolute atomic E-state index is 0. The summed E-state index contributed by atoms with van der Waals surface area (Å²) < 4.78 is 11.8. The molecular weight excluding hydrogens is 143 g/mol. The van der Waals surface area contributed by atoms with Gasteiger partial charge in [-0.15, -0.1) is 12.4 Å². The first kappa shape index (κ1) is 11.5. The molecule has 0 aromatic heterocycles. The van der Waals surface area contributed by atoms with Crippen molar-refractivity contribution < 1.29 is 4.39 Å². The van der Waals surface area contributed by atoms with Crippen LogP contribution in [0, 0.1) is 10.8 Å². The number of nitrogens with one attached hydrogen (secondary N) is 1. The Morgan fingerprint density at radius 3 is 2.00 bits per heavy atom. The zero-order valence-corrected chi connectivity index (χ0v) is 6.39. The molecule has 3 N–H and O–H groups in total. The normalized spacial score (nSPS) is 10.1. The number of hydrogen-bond donors (Lipinski definition) is 2. The molecule has 4 heteroatoms. The van der Waals surface area contributed by atoms with Gasteiger partial charge in [-0.2, -0.15) is 0 Å². The van der Waals surface area contributed by atoms with E-state index in [0.29, 0.717) is 0 Å². The van der Waals surface area contributed by atoms with E-state index in [0.717, 1.165) is 0 Å². The summed E-state index contributed by atoms with van der Waals surface area (Å²) in [7, 11) is 0. The molecule has 0 rings (SSSR count). The van der Waals surface area contributed by atoms with Crippen molar-refractivity contribution in [2.24, 2.45) is 11.1 Å². The quantitative estimate of drug-likeness (QED) is 0.458. The summed E-state index contributed by atoms with van der Waals surface area (Å²) in [5.41, 5.74) is 4.26. The second kappa shape index (κ2) is 3.67. The smallest absolute Gasteiger partial charge is 0.101 e. The third kappa shape index (κ3) is 3.30. The van der Waals surface area contributed by atoms with Crippen molar-refractivity contribution in [2.45, 2.75) is 13.8 Å². The van der Waals surface area contributed by atoms with E-state index in [-0.39, 0.29) is 18.2 Å². The summed E-state index contributed by atoms with van der Waals surface area (Å²) in [5.74, 6) is -0.0972. The van der Waals surface area contributed by atoms with Crippen molar-refractivity contribution in [1.82, 2.24) is 0 Å². The molecule has 0 aromatic rings. The highest BCUT2D eigenvalue weighted by Crippen LogP contribution is 2.13. The Hall–Kier alpha value is -0.310. The standard InChI is InChI=1S/C5H11FN2.ClH/c1-5(2,3-6)4(7)8;/h3H2,1-2H3,(H3,7,8);1H. The fraction of sp³-hybridized carbons (Fsp3) is 0.800. The van der Waals surface area contributed by atoms with Crippen LogP contribution in [0.15, 0.2) is 0 Å². The number of alkyl halides is 1. The van der Waals surface area contributed by atoms with Crippen molar-refractivity contribution in [1.29, 1.82) is 5.41 Å². The highest BCUT2D eigenvalue weighted by Gasteiger charge is 2.20. The molecule has 0 aliphatic rings. The van der Waals surface area contributed by atoms with Crippen LogP contribution < -0.4 is 5.73 Å². The molecule has 0 aromatic carbocycles. The monoisotopic (exact) mass is 154 g/mol. The van der Waals surface area contributed by atoms with Crippen LogP contribution >= 0.6 is 12.4 Å². The minimum Gasteiger partial charge on any atom is -0.387 e. The van der Waals surface area contributed by atoms with Crippen LogP contribution in [-0.2, 0) is 0 Å². The Kier molecular flexibility index (Phi) is 4.68. The topological polar surface area (TPSA) is 49.9 Å². The van der Waals surface area contributed by atoms with Gasteiger partial charge < -0.3 is 5.73 Å². The third-order valence-electron chi connectivity index (χ3n) is 1.06. The molecule has 56 valence electrons. The second-order valence-corrected chi connectivity index (χ2v) is 2.43. The Bertz CT molecular complexity index is 103. The average molecular weight is 155 g/mol. The van der Waals surface area contributed by atoms with Gasteiger partial charge in [-0.05, 0) is 0 Å². The lowest BCUT2D eigenvalue weighted by atomic mass is 9.95. The summed E-state index contributed by atoms with van der Waals surface area (Å²) in [6, 6.07) is 0. The first-order chi connectivity index (χ1) is 3.50. The van der Waals surface area contributed by atoms with E-state index < -0.39 is 12.1 Å². The molecule has 0 aliphatic heterocycles. The molecule has 0 aliphatic carbocycles. The van der Waals surface area contributed by atoms with E-state index in [9.17, 15) is 4.39 Å². The SMILES string of the molecule is CC(C)(CF)C(=N)N.Cl. The number of nitrogens with two attached hydrogens (primary N) is 1. The Labute approximate surface area is 60.5 Å². The molecule has 0 amide bonds. The fourth-order valence-corrected chi connectivity index (χ4v) is 0.0720. The molecule has 0 heterocycles. The van der Waals surface area contributed by atoms with Gasteiger partial charge in [0.05, 0.1) is 5.84 Å². The van der Waals surface area contributed by atoms with Gasteiger partial charge in [0.25, 0.3) is 0 Å². The molecule has 0 fully saturated rings. The largest absolute Gasteiger partial charge is 0.387 e. The average Bonchev–Trinajstić information content (AvgIpc) is 1.67. The summed E-state index contributed by atoms with van der Waals surface area (Å²) in [6.45, 7) is 2.62. The van der Waals surface area contributed by atoms with Gasteiger partial charge in [-0.25, -0.2) is 0 Å². The number of halogens is 2. The van der Waals surface area contributed by atoms with Crippen LogP contribution in [-0.4, -0.2) is 12.5 Å². The minimum atomic E-state index is -0.764. The van der Waals surface area contributed by atoms with Gasteiger partial charge in [0, 0.05) is 5.41 Å². The maximum absolute atomic E-state index is 11.8. The highest BCUT2D eigenvalue weighted by molar-refractivity contribution is 5.85. The van der Waals surface area contributed by atoms with Crippen molar-refractivity contribution in [2.75, 3.05) is 6.67 Å². The summed E-state index contributed by atoms with van der Waals surface area (Å²) in [6.07, 6.45) is 0. The van der Waals surface area contributed by atoms with Crippen LogP contribution in [0.1, 0.15) is 13.8 Å². The first-order valence-electron chi connectivity index (χ1n) is 2.41. The second-order valence-electron chi connectivity index (χ2n) is 2.43. The number of amidine groups is 1. The maximum atomic E-state index is 11.8. The van der Waals surface area contributed by atoms with Crippen molar-refractivity contribution in [3.05, 3.63) is 0 Å². The van der Waals surface area contributed by atoms with Crippen LogP contribution in [0.4, 0.5) is 4.39 Å². The Morgan fingerprint density at radius 2 is 2.00 bits per heavy atom. The van der Waals surface area contributed by atoms with Gasteiger partial charge in [-0.3, -0.25) is 9.80 Å². The molecule has 0 unspecified atom stereocenters. The van der Waals surface area contributed by atoms with E-state index in [4.69, 9.17) is 11.1 Å². The molecule has 0 bridgehead atoms. The van der Waals surface area contributed by atoms with Gasteiger partial charge in [0.15, 0.2) is 0 Å². The predicted octanol–water partition coefficient (Wildman–Crippen LogP) is 1.34. The van der Waals surface area contributed by atoms with Crippen molar-refractivity contribution >= 4 is 18.2 Å². The highest BCUT2D eigenvalue weighted by atomic mass is 35.5.